The smallest absolute Gasteiger partial charge is 0.317 e. The number of esters is 1. The number of rotatable bonds is 10. The van der Waals surface area contributed by atoms with Gasteiger partial charge in [-0.1, -0.05) is 6.07 Å². The minimum Gasteiger partial charge on any atom is -0.493 e. The number of pyridine rings is 1. The first-order chi connectivity index (χ1) is 25.3. The van der Waals surface area contributed by atoms with Crippen molar-refractivity contribution in [2.24, 2.45) is 11.5 Å². The summed E-state index contributed by atoms with van der Waals surface area (Å²) in [5.41, 5.74) is 19.8. The molecule has 1 aliphatic carbocycles. The molecule has 7 rings (SSSR count). The second-order valence-electron chi connectivity index (χ2n) is 13.6. The summed E-state index contributed by atoms with van der Waals surface area (Å²) in [4.78, 5) is 27.6. The Labute approximate surface area is 303 Å². The maximum absolute atomic E-state index is 12.2. The zero-order chi connectivity index (χ0) is 37.8. The van der Waals surface area contributed by atoms with Crippen molar-refractivity contribution in [2.75, 3.05) is 20.0 Å². The molecule has 0 bridgehead atoms. The predicted molar refractivity (Wildman–Crippen MR) is 183 cm³/mol. The number of benzene rings is 2. The number of aliphatic hydroxyl groups is 3. The van der Waals surface area contributed by atoms with E-state index in [1.54, 1.807) is 44.7 Å². The van der Waals surface area contributed by atoms with E-state index in [2.05, 4.69) is 4.98 Å². The number of carbonyl (C=O) groups is 2. The van der Waals surface area contributed by atoms with Crippen LogP contribution in [0, 0.1) is 0 Å². The lowest BCUT2D eigenvalue weighted by molar-refractivity contribution is -0.291. The summed E-state index contributed by atoms with van der Waals surface area (Å²) in [5.74, 6) is -0.511. The zero-order valence-electron chi connectivity index (χ0n) is 28.9. The molecule has 1 aromatic heterocycles. The molecule has 1 saturated heterocycles. The highest BCUT2D eigenvalue weighted by atomic mass is 16.7. The van der Waals surface area contributed by atoms with Gasteiger partial charge in [-0.15, -0.1) is 0 Å². The zero-order valence-corrected chi connectivity index (χ0v) is 28.9. The van der Waals surface area contributed by atoms with Crippen LogP contribution in [0.25, 0.3) is 11.1 Å². The van der Waals surface area contributed by atoms with Crippen LogP contribution in [-0.2, 0) is 19.1 Å². The molecule has 284 valence electrons. The molecule has 1 saturated carbocycles. The molecule has 4 heterocycles. The fraction of sp³-hybridized carbons (Fsp3) is 0.472. The molecule has 2 fully saturated rings. The molecule has 3 aliphatic heterocycles. The van der Waals surface area contributed by atoms with Crippen molar-refractivity contribution < 1.29 is 63.2 Å². The van der Waals surface area contributed by atoms with Crippen LogP contribution in [0.1, 0.15) is 55.3 Å². The Balaban J connectivity index is 1.30. The van der Waals surface area contributed by atoms with Crippen molar-refractivity contribution in [3.8, 4) is 39.9 Å². The Morgan fingerprint density at radius 1 is 1.02 bits per heavy atom. The van der Waals surface area contributed by atoms with Gasteiger partial charge in [0.2, 0.25) is 12.0 Å². The number of ether oxygens (including phenoxy) is 7. The van der Waals surface area contributed by atoms with Crippen molar-refractivity contribution in [3.63, 3.8) is 0 Å². The summed E-state index contributed by atoms with van der Waals surface area (Å²) in [6, 6.07) is 10.6. The van der Waals surface area contributed by atoms with Gasteiger partial charge in [0.25, 0.3) is 0 Å². The first-order valence-corrected chi connectivity index (χ1v) is 17.1. The molecule has 8 atom stereocenters. The summed E-state index contributed by atoms with van der Waals surface area (Å²) < 4.78 is 42.5. The van der Waals surface area contributed by atoms with Gasteiger partial charge in [-0.25, -0.2) is 4.98 Å². The lowest BCUT2D eigenvalue weighted by Crippen LogP contribution is -2.66. The van der Waals surface area contributed by atoms with E-state index in [1.165, 1.54) is 0 Å². The summed E-state index contributed by atoms with van der Waals surface area (Å²) >= 11 is 0. The van der Waals surface area contributed by atoms with Crippen LogP contribution in [0.15, 0.2) is 42.6 Å². The normalized spacial score (nSPS) is 27.1. The molecule has 2 aromatic carbocycles. The van der Waals surface area contributed by atoms with E-state index in [0.29, 0.717) is 45.5 Å². The fourth-order valence-corrected chi connectivity index (χ4v) is 8.00. The van der Waals surface area contributed by atoms with Crippen LogP contribution < -0.4 is 40.9 Å². The van der Waals surface area contributed by atoms with Gasteiger partial charge in [-0.2, -0.15) is 0 Å². The number of aliphatic carboxylic acids is 1. The highest BCUT2D eigenvalue weighted by Crippen LogP contribution is 2.65. The number of methoxy groups -OCH3 is 2. The second kappa shape index (κ2) is 14.1. The van der Waals surface area contributed by atoms with E-state index >= 15 is 0 Å². The third-order valence-corrected chi connectivity index (χ3v) is 10.4. The van der Waals surface area contributed by atoms with Crippen LogP contribution in [0.2, 0.25) is 0 Å². The Hall–Kier alpha value is -4.91. The average Bonchev–Trinajstić information content (AvgIpc) is 3.75. The molecular weight excluding hydrogens is 696 g/mol. The third-order valence-electron chi connectivity index (χ3n) is 10.4. The quantitative estimate of drug-likeness (QED) is 0.0871. The van der Waals surface area contributed by atoms with Crippen molar-refractivity contribution >= 4 is 17.8 Å². The van der Waals surface area contributed by atoms with Crippen LogP contribution in [0.5, 0.6) is 28.7 Å². The summed E-state index contributed by atoms with van der Waals surface area (Å²) in [6.07, 6.45) is -8.61. The molecule has 0 amide bonds. The van der Waals surface area contributed by atoms with Crippen LogP contribution >= 0.6 is 0 Å². The number of fused-ring (bicyclic) bond motifs is 6. The van der Waals surface area contributed by atoms with Crippen LogP contribution in [0.4, 0.5) is 5.82 Å². The maximum atomic E-state index is 12.2. The number of carbonyl (C=O) groups excluding carboxylic acids is 1. The third kappa shape index (κ3) is 6.42. The van der Waals surface area contributed by atoms with E-state index in [0.717, 1.165) is 31.2 Å². The number of hydrogen-bond acceptors (Lipinski definition) is 16. The number of nitrogen functional groups attached to an aromatic ring is 1. The summed E-state index contributed by atoms with van der Waals surface area (Å²) in [5, 5.41) is 41.8. The molecule has 0 radical (unpaired) electrons. The van der Waals surface area contributed by atoms with Gasteiger partial charge in [-0.05, 0) is 55.5 Å². The lowest BCUT2D eigenvalue weighted by Gasteiger charge is -2.45. The van der Waals surface area contributed by atoms with Crippen molar-refractivity contribution in [1.29, 1.82) is 0 Å². The molecule has 17 nitrogen and oxygen atoms in total. The van der Waals surface area contributed by atoms with Crippen LogP contribution in [0.3, 0.4) is 0 Å². The van der Waals surface area contributed by atoms with Gasteiger partial charge >= 0.3 is 11.9 Å². The van der Waals surface area contributed by atoms with Gasteiger partial charge in [0.05, 0.1) is 26.3 Å². The number of aliphatic hydroxyl groups excluding tert-OH is 3. The molecular formula is C36H42N4O13. The standard InChI is InChI=1S/C36H42N4O13/c1-47-19-7-6-17-25-31(51-29(17)30(19)48-2)24-18(15-5-8-21(37)40-14-15)11-16(12-20(24)53-36(25)9-3-4-10-36)49-35-28(46)26(44)27(45)32(52-35)33(34(38)39)50-23(43)13-22(41)42/h5-8,11-12,14,25-28,31-35,44-46H,3-4,9-10,13,38-39H2,1-2H3,(H2,37,40)(H,41,42)/t25-,26-,27-,28+,31-,32-,33-,35+/m0/s1. The number of anilines is 1. The van der Waals surface area contributed by atoms with Gasteiger partial charge < -0.3 is 70.8 Å². The maximum Gasteiger partial charge on any atom is 0.317 e. The van der Waals surface area contributed by atoms with Crippen LogP contribution in [-0.4, -0.2) is 100 Å². The van der Waals surface area contributed by atoms with Gasteiger partial charge in [0.1, 0.15) is 59.9 Å². The molecule has 10 N–H and O–H groups in total. The number of carboxylic acid groups (broad SMARTS) is 1. The molecule has 4 aliphatic rings. The Bertz CT molecular complexity index is 1870. The fourth-order valence-electron chi connectivity index (χ4n) is 8.00. The van der Waals surface area contributed by atoms with E-state index < -0.39 is 73.0 Å². The molecule has 3 aromatic rings. The number of aromatic nitrogens is 1. The van der Waals surface area contributed by atoms with E-state index in [1.807, 2.05) is 12.1 Å². The Morgan fingerprint density at radius 2 is 1.77 bits per heavy atom. The monoisotopic (exact) mass is 738 g/mol. The van der Waals surface area contributed by atoms with E-state index in [4.69, 9.17) is 55.5 Å². The Kier molecular flexibility index (Phi) is 9.73. The van der Waals surface area contributed by atoms with Gasteiger partial charge in [-0.3, -0.25) is 9.59 Å². The number of nitrogens with zero attached hydrogens (tertiary/aromatic N) is 1. The lowest BCUT2D eigenvalue weighted by atomic mass is 9.73. The summed E-state index contributed by atoms with van der Waals surface area (Å²) in [7, 11) is 3.11. The summed E-state index contributed by atoms with van der Waals surface area (Å²) in [6.45, 7) is 0. The first kappa shape index (κ1) is 36.4. The van der Waals surface area contributed by atoms with Gasteiger partial charge in [0, 0.05) is 29.0 Å². The molecule has 1 spiro atoms. The number of nitrogens with two attached hydrogens (primary N) is 3. The van der Waals surface area contributed by atoms with Crippen molar-refractivity contribution in [1.82, 2.24) is 4.98 Å². The highest BCUT2D eigenvalue weighted by Gasteiger charge is 2.58. The van der Waals surface area contributed by atoms with Crippen molar-refractivity contribution in [3.05, 3.63) is 53.7 Å². The molecule has 0 unspecified atom stereocenters. The average molecular weight is 739 g/mol. The number of hydrogen-bond donors (Lipinski definition) is 7. The number of carboxylic acids is 1. The van der Waals surface area contributed by atoms with E-state index in [9.17, 15) is 24.9 Å². The minimum absolute atomic E-state index is 0.125. The second-order valence-corrected chi connectivity index (χ2v) is 13.6. The molecule has 17 heteroatoms. The molecule has 53 heavy (non-hydrogen) atoms. The SMILES string of the molecule is COc1ccc2c(c1OC)O[C@H]1c3c(cc(O[C@@H]4O[C@H]([C@H](OC(=O)CC(=O)O)C(N)N)[C@@H](O)[C@H](O)[C@H]4O)cc3-c3ccc(N)nc3)OC3(CCCC3)[C@@H]21. The van der Waals surface area contributed by atoms with Gasteiger partial charge in [0.15, 0.2) is 17.6 Å². The predicted octanol–water partition coefficient (Wildman–Crippen LogP) is 1.09. The van der Waals surface area contributed by atoms with Crippen molar-refractivity contribution in [2.45, 2.75) is 92.7 Å². The van der Waals surface area contributed by atoms with E-state index in [-0.39, 0.29) is 11.7 Å². The largest absolute Gasteiger partial charge is 0.493 e. The highest BCUT2D eigenvalue weighted by molar-refractivity contribution is 5.90. The topological polar surface area (TPSA) is 271 Å². The minimum atomic E-state index is -1.88. The Morgan fingerprint density at radius 3 is 2.42 bits per heavy atom. The first-order valence-electron chi connectivity index (χ1n) is 17.1.